The van der Waals surface area contributed by atoms with E-state index in [0.717, 1.165) is 10.6 Å². The second kappa shape index (κ2) is 7.31. The number of aliphatic hydroxyl groups excluding tert-OH is 1. The highest BCUT2D eigenvalue weighted by molar-refractivity contribution is 7.13. The highest BCUT2D eigenvalue weighted by Crippen LogP contribution is 2.23. The Morgan fingerprint density at radius 1 is 1.43 bits per heavy atom. The van der Waals surface area contributed by atoms with Crippen LogP contribution < -0.4 is 5.32 Å². The number of methoxy groups -OCH3 is 1. The molecule has 0 aliphatic carbocycles. The third-order valence-electron chi connectivity index (χ3n) is 2.89. The number of amides is 1. The summed E-state index contributed by atoms with van der Waals surface area (Å²) in [6.07, 6.45) is -0.714. The standard InChI is InChI=1S/C15H18N2O3S/c1-10-3-5-11(6-4-10)15-17-13(9-21-15)14(19)16-7-12(18)8-20-2/h3-6,9,12,18H,7-8H2,1-2H3,(H,16,19). The topological polar surface area (TPSA) is 71.5 Å². The zero-order valence-electron chi connectivity index (χ0n) is 12.0. The molecule has 1 atom stereocenters. The van der Waals surface area contributed by atoms with Crippen molar-refractivity contribution in [1.82, 2.24) is 10.3 Å². The van der Waals surface area contributed by atoms with Crippen molar-refractivity contribution >= 4 is 17.2 Å². The van der Waals surface area contributed by atoms with E-state index in [1.54, 1.807) is 5.38 Å². The molecule has 0 fully saturated rings. The average Bonchev–Trinajstić information content (AvgIpc) is 2.96. The van der Waals surface area contributed by atoms with Crippen LogP contribution in [0.5, 0.6) is 0 Å². The number of nitrogens with zero attached hydrogens (tertiary/aromatic N) is 1. The van der Waals surface area contributed by atoms with Gasteiger partial charge >= 0.3 is 0 Å². The number of thiazole rings is 1. The zero-order chi connectivity index (χ0) is 15.2. The quantitative estimate of drug-likeness (QED) is 0.854. The van der Waals surface area contributed by atoms with E-state index in [9.17, 15) is 9.90 Å². The molecule has 0 aliphatic heterocycles. The van der Waals surface area contributed by atoms with Crippen molar-refractivity contribution in [3.63, 3.8) is 0 Å². The molecule has 2 N–H and O–H groups in total. The van der Waals surface area contributed by atoms with Crippen LogP contribution in [0.3, 0.4) is 0 Å². The number of ether oxygens (including phenoxy) is 1. The summed E-state index contributed by atoms with van der Waals surface area (Å²) in [5.41, 5.74) is 2.53. The fourth-order valence-corrected chi connectivity index (χ4v) is 2.57. The van der Waals surface area contributed by atoms with Crippen LogP contribution >= 0.6 is 11.3 Å². The summed E-state index contributed by atoms with van der Waals surface area (Å²) in [7, 11) is 1.50. The van der Waals surface area contributed by atoms with E-state index in [1.165, 1.54) is 24.0 Å². The lowest BCUT2D eigenvalue weighted by molar-refractivity contribution is 0.0609. The SMILES string of the molecule is COCC(O)CNC(=O)c1csc(-c2ccc(C)cc2)n1. The van der Waals surface area contributed by atoms with Gasteiger partial charge in [-0.1, -0.05) is 29.8 Å². The van der Waals surface area contributed by atoms with E-state index in [1.807, 2.05) is 31.2 Å². The number of rotatable bonds is 6. The first-order chi connectivity index (χ1) is 10.1. The molecule has 0 bridgehead atoms. The van der Waals surface area contributed by atoms with Gasteiger partial charge in [0.2, 0.25) is 0 Å². The van der Waals surface area contributed by atoms with Crippen LogP contribution in [-0.2, 0) is 4.74 Å². The molecule has 2 aromatic rings. The first-order valence-electron chi connectivity index (χ1n) is 6.58. The Morgan fingerprint density at radius 2 is 2.14 bits per heavy atom. The monoisotopic (exact) mass is 306 g/mol. The van der Waals surface area contributed by atoms with Crippen LogP contribution in [0.25, 0.3) is 10.6 Å². The molecule has 0 saturated heterocycles. The van der Waals surface area contributed by atoms with E-state index in [0.29, 0.717) is 5.69 Å². The maximum absolute atomic E-state index is 11.9. The molecule has 1 unspecified atom stereocenters. The Bertz CT molecular complexity index is 595. The average molecular weight is 306 g/mol. The molecular weight excluding hydrogens is 288 g/mol. The van der Waals surface area contributed by atoms with Gasteiger partial charge < -0.3 is 15.2 Å². The van der Waals surface area contributed by atoms with Crippen molar-refractivity contribution < 1.29 is 14.6 Å². The fraction of sp³-hybridized carbons (Fsp3) is 0.333. The van der Waals surface area contributed by atoms with Gasteiger partial charge in [-0.3, -0.25) is 4.79 Å². The molecule has 112 valence electrons. The number of nitrogens with one attached hydrogen (secondary N) is 1. The highest BCUT2D eigenvalue weighted by atomic mass is 32.1. The third-order valence-corrected chi connectivity index (χ3v) is 3.78. The smallest absolute Gasteiger partial charge is 0.270 e. The minimum absolute atomic E-state index is 0.143. The number of aryl methyl sites for hydroxylation is 1. The summed E-state index contributed by atoms with van der Waals surface area (Å²) < 4.78 is 4.80. The maximum atomic E-state index is 11.9. The predicted octanol–water partition coefficient (Wildman–Crippen LogP) is 1.86. The molecule has 0 saturated carbocycles. The number of hydrogen-bond donors (Lipinski definition) is 2. The van der Waals surface area contributed by atoms with E-state index < -0.39 is 6.10 Å². The largest absolute Gasteiger partial charge is 0.389 e. The Balaban J connectivity index is 1.99. The third kappa shape index (κ3) is 4.35. The Labute approximate surface area is 127 Å². The van der Waals surface area contributed by atoms with Gasteiger partial charge in [-0.2, -0.15) is 0 Å². The van der Waals surface area contributed by atoms with Gasteiger partial charge in [0, 0.05) is 24.6 Å². The zero-order valence-corrected chi connectivity index (χ0v) is 12.8. The van der Waals surface area contributed by atoms with Gasteiger partial charge in [-0.05, 0) is 6.92 Å². The minimum atomic E-state index is -0.714. The van der Waals surface area contributed by atoms with Gasteiger partial charge in [0.15, 0.2) is 0 Å². The van der Waals surface area contributed by atoms with E-state index in [4.69, 9.17) is 4.74 Å². The lowest BCUT2D eigenvalue weighted by atomic mass is 10.2. The van der Waals surface area contributed by atoms with Gasteiger partial charge in [0.05, 0.1) is 12.7 Å². The summed E-state index contributed by atoms with van der Waals surface area (Å²) in [6, 6.07) is 7.99. The molecule has 6 heteroatoms. The Hall–Kier alpha value is -1.76. The molecule has 5 nitrogen and oxygen atoms in total. The Kier molecular flexibility index (Phi) is 5.44. The van der Waals surface area contributed by atoms with Crippen molar-refractivity contribution in [2.75, 3.05) is 20.3 Å². The van der Waals surface area contributed by atoms with Gasteiger partial charge in [-0.15, -0.1) is 11.3 Å². The number of aliphatic hydroxyl groups is 1. The van der Waals surface area contributed by atoms with E-state index >= 15 is 0 Å². The first kappa shape index (κ1) is 15.6. The lowest BCUT2D eigenvalue weighted by Gasteiger charge is -2.09. The number of hydrogen-bond acceptors (Lipinski definition) is 5. The van der Waals surface area contributed by atoms with Crippen molar-refractivity contribution in [3.05, 3.63) is 40.9 Å². The van der Waals surface area contributed by atoms with Crippen LogP contribution in [0.2, 0.25) is 0 Å². The van der Waals surface area contributed by atoms with Gasteiger partial charge in [0.25, 0.3) is 5.91 Å². The first-order valence-corrected chi connectivity index (χ1v) is 7.46. The second-order valence-corrected chi connectivity index (χ2v) is 5.58. The highest BCUT2D eigenvalue weighted by Gasteiger charge is 2.13. The summed E-state index contributed by atoms with van der Waals surface area (Å²) >= 11 is 1.42. The molecule has 1 amide bonds. The van der Waals surface area contributed by atoms with Crippen molar-refractivity contribution in [1.29, 1.82) is 0 Å². The van der Waals surface area contributed by atoms with Crippen LogP contribution in [-0.4, -0.2) is 42.4 Å². The van der Waals surface area contributed by atoms with E-state index in [2.05, 4.69) is 10.3 Å². The molecule has 0 spiro atoms. The lowest BCUT2D eigenvalue weighted by Crippen LogP contribution is -2.34. The van der Waals surface area contributed by atoms with Crippen LogP contribution in [0.15, 0.2) is 29.6 Å². The van der Waals surface area contributed by atoms with Crippen LogP contribution in [0.1, 0.15) is 16.1 Å². The molecular formula is C15H18N2O3S. The molecule has 21 heavy (non-hydrogen) atoms. The molecule has 1 heterocycles. The summed E-state index contributed by atoms with van der Waals surface area (Å²) in [5, 5.41) is 14.6. The van der Waals surface area contributed by atoms with Gasteiger partial charge in [0.1, 0.15) is 10.7 Å². The maximum Gasteiger partial charge on any atom is 0.270 e. The van der Waals surface area contributed by atoms with Crippen LogP contribution in [0.4, 0.5) is 0 Å². The summed E-state index contributed by atoms with van der Waals surface area (Å²) in [5.74, 6) is -0.292. The normalized spacial score (nSPS) is 12.1. The Morgan fingerprint density at radius 3 is 2.81 bits per heavy atom. The molecule has 2 rings (SSSR count). The van der Waals surface area contributed by atoms with Crippen molar-refractivity contribution in [2.45, 2.75) is 13.0 Å². The van der Waals surface area contributed by atoms with Crippen LogP contribution in [0, 0.1) is 6.92 Å². The number of carbonyl (C=O) groups is 1. The molecule has 0 aliphatic rings. The van der Waals surface area contributed by atoms with Crippen molar-refractivity contribution in [2.24, 2.45) is 0 Å². The fourth-order valence-electron chi connectivity index (χ4n) is 1.76. The molecule has 1 aromatic heterocycles. The summed E-state index contributed by atoms with van der Waals surface area (Å²) in [6.45, 7) is 2.35. The second-order valence-electron chi connectivity index (χ2n) is 4.72. The van der Waals surface area contributed by atoms with E-state index in [-0.39, 0.29) is 19.1 Å². The predicted molar refractivity (Wildman–Crippen MR) is 82.5 cm³/mol. The number of benzene rings is 1. The minimum Gasteiger partial charge on any atom is -0.389 e. The molecule has 1 aromatic carbocycles. The molecule has 0 radical (unpaired) electrons. The number of aromatic nitrogens is 1. The van der Waals surface area contributed by atoms with Crippen molar-refractivity contribution in [3.8, 4) is 10.6 Å². The van der Waals surface area contributed by atoms with Gasteiger partial charge in [-0.25, -0.2) is 4.98 Å². The number of carbonyl (C=O) groups excluding carboxylic acids is 1. The summed E-state index contributed by atoms with van der Waals surface area (Å²) in [4.78, 5) is 16.3.